The van der Waals surface area contributed by atoms with Gasteiger partial charge in [0.05, 0.1) is 23.9 Å². The van der Waals surface area contributed by atoms with Gasteiger partial charge in [-0.25, -0.2) is 9.79 Å². The standard InChI is InChI=1S/C23H19Cl3N2O3S/c1-3-30-22(29)20-13(2)27-23-28(9-10-32-23)21(20)15-11-14(24)7-8-19(15)31-12-16-17(25)5-4-6-18(16)26/h4-11,21H,3,12H2,1-2H3/t21-/m0/s1. The second-order valence-electron chi connectivity index (χ2n) is 7.00. The summed E-state index contributed by atoms with van der Waals surface area (Å²) in [4.78, 5) is 19.4. The van der Waals surface area contributed by atoms with Crippen LogP contribution in [0.15, 0.2) is 64.3 Å². The summed E-state index contributed by atoms with van der Waals surface area (Å²) in [7, 11) is 0. The van der Waals surface area contributed by atoms with Crippen LogP contribution in [-0.4, -0.2) is 22.6 Å². The van der Waals surface area contributed by atoms with Gasteiger partial charge in [-0.05, 0) is 49.6 Å². The van der Waals surface area contributed by atoms with Crippen molar-refractivity contribution in [2.24, 2.45) is 4.99 Å². The maximum absolute atomic E-state index is 12.9. The van der Waals surface area contributed by atoms with Crippen LogP contribution in [0.1, 0.15) is 31.0 Å². The van der Waals surface area contributed by atoms with E-state index in [9.17, 15) is 4.79 Å². The minimum absolute atomic E-state index is 0.156. The van der Waals surface area contributed by atoms with Gasteiger partial charge in [0.1, 0.15) is 12.4 Å². The summed E-state index contributed by atoms with van der Waals surface area (Å²) in [5.41, 5.74) is 2.42. The lowest BCUT2D eigenvalue weighted by Gasteiger charge is -2.34. The summed E-state index contributed by atoms with van der Waals surface area (Å²) < 4.78 is 11.5. The molecule has 2 aromatic rings. The molecule has 0 aromatic heterocycles. The molecule has 4 rings (SSSR count). The highest BCUT2D eigenvalue weighted by atomic mass is 35.5. The summed E-state index contributed by atoms with van der Waals surface area (Å²) in [6, 6.07) is 10.1. The topological polar surface area (TPSA) is 51.1 Å². The van der Waals surface area contributed by atoms with Crippen molar-refractivity contribution in [1.29, 1.82) is 0 Å². The van der Waals surface area contributed by atoms with Crippen molar-refractivity contribution in [2.75, 3.05) is 6.61 Å². The quantitative estimate of drug-likeness (QED) is 0.393. The Morgan fingerprint density at radius 1 is 1.19 bits per heavy atom. The van der Waals surface area contributed by atoms with Crippen molar-refractivity contribution in [2.45, 2.75) is 26.5 Å². The molecular formula is C23H19Cl3N2O3S. The average Bonchev–Trinajstić information content (AvgIpc) is 3.21. The fourth-order valence-corrected chi connectivity index (χ4v) is 5.04. The first-order valence-corrected chi connectivity index (χ1v) is 11.9. The number of nitrogens with zero attached hydrogens (tertiary/aromatic N) is 2. The molecule has 0 N–H and O–H groups in total. The number of carbonyl (C=O) groups excluding carboxylic acids is 1. The number of rotatable bonds is 6. The van der Waals surface area contributed by atoms with E-state index in [4.69, 9.17) is 44.3 Å². The molecule has 0 spiro atoms. The summed E-state index contributed by atoms with van der Waals surface area (Å²) in [5, 5.41) is 4.23. The molecule has 2 aliphatic rings. The molecule has 166 valence electrons. The molecule has 0 saturated heterocycles. The highest BCUT2D eigenvalue weighted by molar-refractivity contribution is 8.16. The monoisotopic (exact) mass is 508 g/mol. The Labute approximate surface area is 205 Å². The zero-order chi connectivity index (χ0) is 22.8. The van der Waals surface area contributed by atoms with E-state index in [0.717, 1.165) is 5.17 Å². The fraction of sp³-hybridized carbons (Fsp3) is 0.217. The van der Waals surface area contributed by atoms with E-state index in [1.165, 1.54) is 11.8 Å². The molecule has 0 saturated carbocycles. The molecule has 32 heavy (non-hydrogen) atoms. The van der Waals surface area contributed by atoms with E-state index in [1.54, 1.807) is 50.2 Å². The first-order valence-electron chi connectivity index (χ1n) is 9.84. The third-order valence-electron chi connectivity index (χ3n) is 5.02. The first kappa shape index (κ1) is 23.1. The number of halogens is 3. The summed E-state index contributed by atoms with van der Waals surface area (Å²) >= 11 is 20.5. The average molecular weight is 510 g/mol. The zero-order valence-corrected chi connectivity index (χ0v) is 20.4. The molecule has 5 nitrogen and oxygen atoms in total. The van der Waals surface area contributed by atoms with E-state index < -0.39 is 12.0 Å². The Morgan fingerprint density at radius 2 is 1.94 bits per heavy atom. The smallest absolute Gasteiger partial charge is 0.338 e. The van der Waals surface area contributed by atoms with Crippen molar-refractivity contribution < 1.29 is 14.3 Å². The fourth-order valence-electron chi connectivity index (χ4n) is 3.56. The predicted octanol–water partition coefficient (Wildman–Crippen LogP) is 6.99. The van der Waals surface area contributed by atoms with Crippen LogP contribution < -0.4 is 4.74 Å². The summed E-state index contributed by atoms with van der Waals surface area (Å²) in [5.74, 6) is 0.125. The number of hydrogen-bond donors (Lipinski definition) is 0. The Hall–Kier alpha value is -2.12. The number of thioether (sulfide) groups is 1. The van der Waals surface area contributed by atoms with E-state index in [-0.39, 0.29) is 13.2 Å². The first-order chi connectivity index (χ1) is 15.4. The number of amidine groups is 1. The van der Waals surface area contributed by atoms with Crippen LogP contribution >= 0.6 is 46.6 Å². The van der Waals surface area contributed by atoms with Crippen molar-refractivity contribution in [3.63, 3.8) is 0 Å². The van der Waals surface area contributed by atoms with Gasteiger partial charge in [0, 0.05) is 32.4 Å². The summed E-state index contributed by atoms with van der Waals surface area (Å²) in [6.07, 6.45) is 1.88. The molecular weight excluding hydrogens is 491 g/mol. The number of aliphatic imine (C=N–C) groups is 1. The van der Waals surface area contributed by atoms with Crippen molar-refractivity contribution in [1.82, 2.24) is 4.90 Å². The second kappa shape index (κ2) is 9.79. The van der Waals surface area contributed by atoms with E-state index in [1.807, 2.05) is 16.5 Å². The molecule has 2 aromatic carbocycles. The van der Waals surface area contributed by atoms with Crippen LogP contribution in [0.3, 0.4) is 0 Å². The highest BCUT2D eigenvalue weighted by Crippen LogP contribution is 2.44. The van der Waals surface area contributed by atoms with Crippen molar-refractivity contribution in [3.8, 4) is 5.75 Å². The lowest BCUT2D eigenvalue weighted by atomic mass is 9.94. The Bertz CT molecular complexity index is 1140. The van der Waals surface area contributed by atoms with Gasteiger partial charge < -0.3 is 14.4 Å². The normalized spacial score (nSPS) is 17.3. The number of hydrogen-bond acceptors (Lipinski definition) is 6. The molecule has 9 heteroatoms. The van der Waals surface area contributed by atoms with Crippen molar-refractivity contribution >= 4 is 57.7 Å². The number of fused-ring (bicyclic) bond motifs is 1. The van der Waals surface area contributed by atoms with Crippen LogP contribution in [0.4, 0.5) is 0 Å². The largest absolute Gasteiger partial charge is 0.488 e. The molecule has 1 atom stereocenters. The highest BCUT2D eigenvalue weighted by Gasteiger charge is 2.39. The zero-order valence-electron chi connectivity index (χ0n) is 17.3. The molecule has 0 radical (unpaired) electrons. The Kier molecular flexibility index (Phi) is 7.05. The van der Waals surface area contributed by atoms with Gasteiger partial charge in [-0.1, -0.05) is 52.6 Å². The number of benzene rings is 2. The lowest BCUT2D eigenvalue weighted by molar-refractivity contribution is -0.139. The number of carbonyl (C=O) groups is 1. The summed E-state index contributed by atoms with van der Waals surface area (Å²) in [6.45, 7) is 3.99. The molecule has 2 aliphatic heterocycles. The van der Waals surface area contributed by atoms with Crippen LogP contribution in [0.25, 0.3) is 0 Å². The third kappa shape index (κ3) is 4.50. The van der Waals surface area contributed by atoms with Crippen molar-refractivity contribution in [3.05, 3.63) is 85.5 Å². The maximum Gasteiger partial charge on any atom is 0.338 e. The van der Waals surface area contributed by atoms with Crippen LogP contribution in [0, 0.1) is 0 Å². The van der Waals surface area contributed by atoms with E-state index in [0.29, 0.717) is 43.2 Å². The molecule has 0 fully saturated rings. The second-order valence-corrected chi connectivity index (χ2v) is 9.12. The predicted molar refractivity (Wildman–Crippen MR) is 130 cm³/mol. The molecule has 0 amide bonds. The number of allylic oxidation sites excluding steroid dienone is 1. The lowest BCUT2D eigenvalue weighted by Crippen LogP contribution is -2.34. The third-order valence-corrected chi connectivity index (χ3v) is 6.73. The SMILES string of the molecule is CCOC(=O)C1=C(C)N=C2SC=CN2[C@H]1c1cc(Cl)ccc1OCc1c(Cl)cccc1Cl. The van der Waals surface area contributed by atoms with Gasteiger partial charge in [0.2, 0.25) is 0 Å². The van der Waals surface area contributed by atoms with Crippen LogP contribution in [-0.2, 0) is 16.1 Å². The Balaban J connectivity index is 1.77. The number of ether oxygens (including phenoxy) is 2. The number of esters is 1. The Morgan fingerprint density at radius 3 is 2.66 bits per heavy atom. The molecule has 2 heterocycles. The van der Waals surface area contributed by atoms with Gasteiger partial charge in [-0.3, -0.25) is 0 Å². The van der Waals surface area contributed by atoms with Gasteiger partial charge in [-0.2, -0.15) is 0 Å². The van der Waals surface area contributed by atoms with Gasteiger partial charge >= 0.3 is 5.97 Å². The minimum atomic E-state index is -0.511. The van der Waals surface area contributed by atoms with Gasteiger partial charge in [0.15, 0.2) is 5.17 Å². The maximum atomic E-state index is 12.9. The minimum Gasteiger partial charge on any atom is -0.488 e. The van der Waals surface area contributed by atoms with Gasteiger partial charge in [-0.15, -0.1) is 0 Å². The molecule has 0 unspecified atom stereocenters. The van der Waals surface area contributed by atoms with Crippen LogP contribution in [0.2, 0.25) is 15.1 Å². The van der Waals surface area contributed by atoms with Crippen LogP contribution in [0.5, 0.6) is 5.75 Å². The van der Waals surface area contributed by atoms with E-state index in [2.05, 4.69) is 4.99 Å². The van der Waals surface area contributed by atoms with E-state index >= 15 is 0 Å². The molecule has 0 bridgehead atoms. The van der Waals surface area contributed by atoms with Gasteiger partial charge in [0.25, 0.3) is 0 Å². The molecule has 0 aliphatic carbocycles.